The van der Waals surface area contributed by atoms with Crippen LogP contribution in [-0.2, 0) is 9.53 Å². The van der Waals surface area contributed by atoms with E-state index in [1.165, 1.54) is 26.3 Å². The largest absolute Gasteiger partial charge is 0.467 e. The molecule has 1 aromatic heterocycles. The number of halogens is 1. The van der Waals surface area contributed by atoms with E-state index in [4.69, 9.17) is 5.73 Å². The second kappa shape index (κ2) is 6.70. The molecule has 1 rings (SSSR count). The van der Waals surface area contributed by atoms with Gasteiger partial charge in [-0.25, -0.2) is 9.78 Å². The standard InChI is InChI=1S/C10H13N3O3.ClH/c1-6(10(15)16-2)13-9(14)8-4-3-7(11)5-12-8;/h3-6H,11H2,1-2H3,(H,13,14);1H/t6-;/m0./s1. The third kappa shape index (κ3) is 4.28. The Bertz CT molecular complexity index is 394. The third-order valence-corrected chi connectivity index (χ3v) is 1.92. The number of rotatable bonds is 3. The molecule has 1 aromatic rings. The number of hydrogen-bond acceptors (Lipinski definition) is 5. The average Bonchev–Trinajstić information content (AvgIpc) is 2.28. The van der Waals surface area contributed by atoms with Gasteiger partial charge >= 0.3 is 5.97 Å². The summed E-state index contributed by atoms with van der Waals surface area (Å²) in [7, 11) is 1.26. The van der Waals surface area contributed by atoms with E-state index >= 15 is 0 Å². The molecule has 0 bridgehead atoms. The number of nitrogen functional groups attached to an aromatic ring is 1. The number of hydrogen-bond donors (Lipinski definition) is 2. The maximum Gasteiger partial charge on any atom is 0.328 e. The summed E-state index contributed by atoms with van der Waals surface area (Å²) in [5.74, 6) is -0.957. The zero-order valence-corrected chi connectivity index (χ0v) is 10.3. The quantitative estimate of drug-likeness (QED) is 0.765. The van der Waals surface area contributed by atoms with Gasteiger partial charge in [0.25, 0.3) is 5.91 Å². The van der Waals surface area contributed by atoms with E-state index in [1.54, 1.807) is 6.07 Å². The van der Waals surface area contributed by atoms with Crippen molar-refractivity contribution in [2.75, 3.05) is 12.8 Å². The molecule has 6 nitrogen and oxygen atoms in total. The molecule has 0 aromatic carbocycles. The minimum Gasteiger partial charge on any atom is -0.467 e. The van der Waals surface area contributed by atoms with Gasteiger partial charge in [0.1, 0.15) is 11.7 Å². The van der Waals surface area contributed by atoms with Crippen LogP contribution >= 0.6 is 12.4 Å². The number of nitrogens with zero attached hydrogens (tertiary/aromatic N) is 1. The zero-order chi connectivity index (χ0) is 12.1. The molecule has 0 spiro atoms. The van der Waals surface area contributed by atoms with Crippen LogP contribution < -0.4 is 11.1 Å². The second-order valence-corrected chi connectivity index (χ2v) is 3.20. The van der Waals surface area contributed by atoms with Crippen LogP contribution in [-0.4, -0.2) is 30.0 Å². The first kappa shape index (κ1) is 15.2. The number of nitrogens with two attached hydrogens (primary N) is 1. The summed E-state index contributed by atoms with van der Waals surface area (Å²) >= 11 is 0. The van der Waals surface area contributed by atoms with Gasteiger partial charge in [-0.2, -0.15) is 0 Å². The van der Waals surface area contributed by atoms with Gasteiger partial charge in [-0.05, 0) is 19.1 Å². The van der Waals surface area contributed by atoms with Crippen molar-refractivity contribution in [3.63, 3.8) is 0 Å². The average molecular weight is 260 g/mol. The molecule has 0 radical (unpaired) electrons. The summed E-state index contributed by atoms with van der Waals surface area (Å²) in [6.07, 6.45) is 1.37. The Morgan fingerprint density at radius 2 is 2.12 bits per heavy atom. The lowest BCUT2D eigenvalue weighted by molar-refractivity contribution is -0.142. The monoisotopic (exact) mass is 259 g/mol. The van der Waals surface area contributed by atoms with Crippen molar-refractivity contribution in [2.24, 2.45) is 0 Å². The van der Waals surface area contributed by atoms with E-state index in [0.29, 0.717) is 5.69 Å². The van der Waals surface area contributed by atoms with Crippen LogP contribution in [0.4, 0.5) is 5.69 Å². The minimum absolute atomic E-state index is 0. The molecule has 7 heteroatoms. The first-order chi connectivity index (χ1) is 7.54. The maximum atomic E-state index is 11.6. The lowest BCUT2D eigenvalue weighted by Crippen LogP contribution is -2.39. The van der Waals surface area contributed by atoms with Gasteiger partial charge in [-0.1, -0.05) is 0 Å². The number of methoxy groups -OCH3 is 1. The normalized spacial score (nSPS) is 10.9. The van der Waals surface area contributed by atoms with Crippen LogP contribution in [0.15, 0.2) is 18.3 Å². The molecule has 3 N–H and O–H groups in total. The summed E-state index contributed by atoms with van der Waals surface area (Å²) < 4.78 is 4.47. The molecular weight excluding hydrogens is 246 g/mol. The number of anilines is 1. The van der Waals surface area contributed by atoms with Crippen molar-refractivity contribution in [1.82, 2.24) is 10.3 Å². The molecule has 1 heterocycles. The van der Waals surface area contributed by atoms with Crippen LogP contribution in [0.25, 0.3) is 0 Å². The number of carbonyl (C=O) groups excluding carboxylic acids is 2. The van der Waals surface area contributed by atoms with Crippen molar-refractivity contribution >= 4 is 30.0 Å². The van der Waals surface area contributed by atoms with Gasteiger partial charge in [0, 0.05) is 0 Å². The fraction of sp³-hybridized carbons (Fsp3) is 0.300. The molecule has 1 atom stereocenters. The van der Waals surface area contributed by atoms with E-state index < -0.39 is 17.9 Å². The number of esters is 1. The van der Waals surface area contributed by atoms with E-state index in [2.05, 4.69) is 15.0 Å². The lowest BCUT2D eigenvalue weighted by atomic mass is 10.3. The Labute approximate surface area is 105 Å². The first-order valence-electron chi connectivity index (χ1n) is 4.65. The van der Waals surface area contributed by atoms with Crippen LogP contribution in [0.3, 0.4) is 0 Å². The Kier molecular flexibility index (Phi) is 5.98. The number of carbonyl (C=O) groups is 2. The Balaban J connectivity index is 0.00000256. The predicted octanol–water partition coefficient (Wildman–Crippen LogP) is 0.377. The topological polar surface area (TPSA) is 94.3 Å². The molecule has 0 saturated carbocycles. The van der Waals surface area contributed by atoms with Crippen LogP contribution in [0, 0.1) is 0 Å². The SMILES string of the molecule is COC(=O)[C@H](C)NC(=O)c1ccc(N)cn1.Cl. The zero-order valence-electron chi connectivity index (χ0n) is 9.47. The summed E-state index contributed by atoms with van der Waals surface area (Å²) in [4.78, 5) is 26.4. The number of pyridine rings is 1. The highest BCUT2D eigenvalue weighted by atomic mass is 35.5. The third-order valence-electron chi connectivity index (χ3n) is 1.92. The van der Waals surface area contributed by atoms with E-state index in [1.807, 2.05) is 0 Å². The van der Waals surface area contributed by atoms with E-state index in [0.717, 1.165) is 0 Å². The highest BCUT2D eigenvalue weighted by Crippen LogP contribution is 2.01. The van der Waals surface area contributed by atoms with Gasteiger partial charge in [0.05, 0.1) is 19.0 Å². The second-order valence-electron chi connectivity index (χ2n) is 3.20. The van der Waals surface area contributed by atoms with Crippen LogP contribution in [0.5, 0.6) is 0 Å². The first-order valence-corrected chi connectivity index (χ1v) is 4.65. The molecular formula is C10H14ClN3O3. The van der Waals surface area contributed by atoms with Crippen molar-refractivity contribution < 1.29 is 14.3 Å². The molecule has 1 amide bonds. The highest BCUT2D eigenvalue weighted by molar-refractivity contribution is 5.95. The van der Waals surface area contributed by atoms with Crippen molar-refractivity contribution in [3.8, 4) is 0 Å². The van der Waals surface area contributed by atoms with E-state index in [9.17, 15) is 9.59 Å². The molecule has 0 unspecified atom stereocenters. The summed E-state index contributed by atoms with van der Waals surface area (Å²) in [6.45, 7) is 1.53. The van der Waals surface area contributed by atoms with Gasteiger partial charge < -0.3 is 15.8 Å². The van der Waals surface area contributed by atoms with Crippen LogP contribution in [0.2, 0.25) is 0 Å². The fourth-order valence-electron chi connectivity index (χ4n) is 1.05. The Hall–Kier alpha value is -1.82. The molecule has 0 saturated heterocycles. The molecule has 0 aliphatic heterocycles. The molecule has 17 heavy (non-hydrogen) atoms. The number of amides is 1. The van der Waals surface area contributed by atoms with Gasteiger partial charge in [0.15, 0.2) is 0 Å². The smallest absolute Gasteiger partial charge is 0.328 e. The van der Waals surface area contributed by atoms with Gasteiger partial charge in [-0.15, -0.1) is 12.4 Å². The van der Waals surface area contributed by atoms with Crippen molar-refractivity contribution in [2.45, 2.75) is 13.0 Å². The Morgan fingerprint density at radius 1 is 1.47 bits per heavy atom. The van der Waals surface area contributed by atoms with Crippen LogP contribution in [0.1, 0.15) is 17.4 Å². The summed E-state index contributed by atoms with van der Waals surface area (Å²) in [6, 6.07) is 2.33. The maximum absolute atomic E-state index is 11.6. The van der Waals surface area contributed by atoms with Crippen molar-refractivity contribution in [3.05, 3.63) is 24.0 Å². The Morgan fingerprint density at radius 3 is 2.59 bits per heavy atom. The number of aromatic nitrogens is 1. The molecule has 0 aliphatic carbocycles. The molecule has 94 valence electrons. The summed E-state index contributed by atoms with van der Waals surface area (Å²) in [5, 5.41) is 2.45. The lowest BCUT2D eigenvalue weighted by Gasteiger charge is -2.10. The molecule has 0 aliphatic rings. The number of nitrogens with one attached hydrogen (secondary N) is 1. The predicted molar refractivity (Wildman–Crippen MR) is 64.8 cm³/mol. The molecule has 0 fully saturated rings. The van der Waals surface area contributed by atoms with Gasteiger partial charge in [-0.3, -0.25) is 4.79 Å². The minimum atomic E-state index is -0.711. The fourth-order valence-corrected chi connectivity index (χ4v) is 1.05. The van der Waals surface area contributed by atoms with Gasteiger partial charge in [0.2, 0.25) is 0 Å². The van der Waals surface area contributed by atoms with E-state index in [-0.39, 0.29) is 18.1 Å². The number of ether oxygens (including phenoxy) is 1. The highest BCUT2D eigenvalue weighted by Gasteiger charge is 2.17. The van der Waals surface area contributed by atoms with Crippen molar-refractivity contribution in [1.29, 1.82) is 0 Å². The summed E-state index contributed by atoms with van der Waals surface area (Å²) in [5.41, 5.74) is 6.10.